The molecule has 0 spiro atoms. The Morgan fingerprint density at radius 3 is 2.53 bits per heavy atom. The van der Waals surface area contributed by atoms with Gasteiger partial charge in [0.1, 0.15) is 5.75 Å². The summed E-state index contributed by atoms with van der Waals surface area (Å²) in [5.74, 6) is 0.497. The van der Waals surface area contributed by atoms with Crippen molar-refractivity contribution < 1.29 is 14.3 Å². The van der Waals surface area contributed by atoms with Gasteiger partial charge < -0.3 is 9.47 Å². The zero-order valence-electron chi connectivity index (χ0n) is 9.52. The number of benzene rings is 1. The molecule has 0 aliphatic carbocycles. The van der Waals surface area contributed by atoms with Crippen molar-refractivity contribution in [3.63, 3.8) is 0 Å². The largest absolute Gasteiger partial charge is 0.494 e. The van der Waals surface area contributed by atoms with Gasteiger partial charge in [0.15, 0.2) is 0 Å². The van der Waals surface area contributed by atoms with Gasteiger partial charge in [0.05, 0.1) is 13.2 Å². The molecule has 0 aliphatic rings. The number of unbranched alkanes of at least 4 members (excludes halogenated alkanes) is 1. The maximum absolute atomic E-state index is 10.7. The molecular weight excluding hydrogens is 331 g/mol. The van der Waals surface area contributed by atoms with Crippen molar-refractivity contribution in [2.75, 3.05) is 13.2 Å². The van der Waals surface area contributed by atoms with Crippen LogP contribution in [0, 0.1) is 3.57 Å². The minimum absolute atomic E-state index is 0.372. The minimum atomic E-state index is -0.372. The molecule has 0 heterocycles. The molecule has 0 amide bonds. The van der Waals surface area contributed by atoms with Crippen LogP contribution in [-0.2, 0) is 9.53 Å². The minimum Gasteiger partial charge on any atom is -0.494 e. The van der Waals surface area contributed by atoms with E-state index in [2.05, 4.69) is 29.2 Å². The monoisotopic (exact) mass is 346 g/mol. The van der Waals surface area contributed by atoms with E-state index < -0.39 is 0 Å². The Bertz CT molecular complexity index is 359. The lowest BCUT2D eigenvalue weighted by Crippen LogP contribution is -2.04. The van der Waals surface area contributed by atoms with Crippen molar-refractivity contribution in [2.24, 2.45) is 0 Å². The third-order valence-electron chi connectivity index (χ3n) is 2.03. The molecule has 0 bridgehead atoms. The van der Waals surface area contributed by atoms with E-state index in [0.717, 1.165) is 18.6 Å². The summed E-state index contributed by atoms with van der Waals surface area (Å²) in [6.45, 7) is 4.37. The third-order valence-corrected chi connectivity index (χ3v) is 2.75. The van der Waals surface area contributed by atoms with E-state index in [1.54, 1.807) is 0 Å². The summed E-state index contributed by atoms with van der Waals surface area (Å²) in [7, 11) is 0. The summed E-state index contributed by atoms with van der Waals surface area (Å²) in [5, 5.41) is 0. The summed E-state index contributed by atoms with van der Waals surface area (Å²) in [5.41, 5.74) is 0. The first-order chi connectivity index (χ1) is 8.22. The van der Waals surface area contributed by atoms with Crippen molar-refractivity contribution in [3.8, 4) is 5.75 Å². The maximum Gasteiger partial charge on any atom is 0.330 e. The fraction of sp³-hybridized carbons (Fsp3) is 0.308. The van der Waals surface area contributed by atoms with Crippen molar-refractivity contribution in [1.29, 1.82) is 0 Å². The van der Waals surface area contributed by atoms with Crippen LogP contribution >= 0.6 is 22.6 Å². The van der Waals surface area contributed by atoms with Crippen molar-refractivity contribution in [1.82, 2.24) is 0 Å². The van der Waals surface area contributed by atoms with Crippen LogP contribution in [0.5, 0.6) is 5.75 Å². The molecule has 0 unspecified atom stereocenters. The molecule has 92 valence electrons. The first-order valence-corrected chi connectivity index (χ1v) is 6.48. The molecule has 1 aromatic rings. The molecule has 0 saturated carbocycles. The highest BCUT2D eigenvalue weighted by molar-refractivity contribution is 14.1. The van der Waals surface area contributed by atoms with Gasteiger partial charge in [-0.25, -0.2) is 4.79 Å². The van der Waals surface area contributed by atoms with Crippen LogP contribution in [0.1, 0.15) is 12.8 Å². The highest BCUT2D eigenvalue weighted by Gasteiger charge is 1.96. The predicted molar refractivity (Wildman–Crippen MR) is 75.0 cm³/mol. The number of hydrogen-bond donors (Lipinski definition) is 0. The Kier molecular flexibility index (Phi) is 6.69. The molecule has 1 rings (SSSR count). The van der Waals surface area contributed by atoms with Crippen LogP contribution in [0.4, 0.5) is 0 Å². The fourth-order valence-electron chi connectivity index (χ4n) is 1.16. The summed E-state index contributed by atoms with van der Waals surface area (Å²) >= 11 is 2.25. The van der Waals surface area contributed by atoms with E-state index in [0.29, 0.717) is 13.2 Å². The van der Waals surface area contributed by atoms with Crippen LogP contribution in [-0.4, -0.2) is 19.2 Å². The van der Waals surface area contributed by atoms with Crippen LogP contribution in [0.15, 0.2) is 36.9 Å². The average Bonchev–Trinajstić information content (AvgIpc) is 2.35. The lowest BCUT2D eigenvalue weighted by Gasteiger charge is -2.06. The van der Waals surface area contributed by atoms with Gasteiger partial charge in [-0.2, -0.15) is 0 Å². The van der Waals surface area contributed by atoms with Gasteiger partial charge in [0.2, 0.25) is 0 Å². The van der Waals surface area contributed by atoms with Gasteiger partial charge in [0.25, 0.3) is 0 Å². The van der Waals surface area contributed by atoms with E-state index in [1.807, 2.05) is 24.3 Å². The Morgan fingerprint density at radius 2 is 1.88 bits per heavy atom. The number of hydrogen-bond acceptors (Lipinski definition) is 3. The molecule has 3 nitrogen and oxygen atoms in total. The lowest BCUT2D eigenvalue weighted by atomic mass is 10.3. The lowest BCUT2D eigenvalue weighted by molar-refractivity contribution is -0.137. The maximum atomic E-state index is 10.7. The zero-order valence-corrected chi connectivity index (χ0v) is 11.7. The Morgan fingerprint density at radius 1 is 1.24 bits per heavy atom. The first kappa shape index (κ1) is 14.0. The quantitative estimate of drug-likeness (QED) is 0.329. The summed E-state index contributed by atoms with van der Waals surface area (Å²) in [6, 6.07) is 7.89. The standard InChI is InChI=1S/C13H15IO3/c1-2-13(15)17-10-4-3-9-16-12-7-5-11(14)6-8-12/h2,5-8H,1,3-4,9-10H2. The summed E-state index contributed by atoms with van der Waals surface area (Å²) in [4.78, 5) is 10.7. The first-order valence-electron chi connectivity index (χ1n) is 5.40. The van der Waals surface area contributed by atoms with Crippen molar-refractivity contribution in [2.45, 2.75) is 12.8 Å². The Balaban J connectivity index is 2.06. The number of esters is 1. The molecule has 0 fully saturated rings. The van der Waals surface area contributed by atoms with E-state index in [9.17, 15) is 4.79 Å². The highest BCUT2D eigenvalue weighted by atomic mass is 127. The van der Waals surface area contributed by atoms with E-state index >= 15 is 0 Å². The summed E-state index contributed by atoms with van der Waals surface area (Å²) < 4.78 is 11.6. The Labute approximate surface area is 115 Å². The SMILES string of the molecule is C=CC(=O)OCCCCOc1ccc(I)cc1. The number of ether oxygens (including phenoxy) is 2. The molecule has 0 atom stereocenters. The predicted octanol–water partition coefficient (Wildman–Crippen LogP) is 3.18. The summed E-state index contributed by atoms with van der Waals surface area (Å²) in [6.07, 6.45) is 2.82. The molecule has 0 N–H and O–H groups in total. The van der Waals surface area contributed by atoms with Crippen LogP contribution < -0.4 is 4.74 Å². The van der Waals surface area contributed by atoms with Gasteiger partial charge in [-0.05, 0) is 59.7 Å². The molecule has 0 aliphatic heterocycles. The fourth-order valence-corrected chi connectivity index (χ4v) is 1.52. The average molecular weight is 346 g/mol. The topological polar surface area (TPSA) is 35.5 Å². The second-order valence-electron chi connectivity index (χ2n) is 3.38. The molecule has 0 saturated heterocycles. The van der Waals surface area contributed by atoms with Crippen LogP contribution in [0.2, 0.25) is 0 Å². The van der Waals surface area contributed by atoms with Crippen LogP contribution in [0.25, 0.3) is 0 Å². The molecule has 17 heavy (non-hydrogen) atoms. The number of halogens is 1. The van der Waals surface area contributed by atoms with Gasteiger partial charge in [-0.15, -0.1) is 0 Å². The molecular formula is C13H15IO3. The van der Waals surface area contributed by atoms with Gasteiger partial charge in [-0.1, -0.05) is 6.58 Å². The van der Waals surface area contributed by atoms with Crippen molar-refractivity contribution in [3.05, 3.63) is 40.5 Å². The Hall–Kier alpha value is -1.04. The highest BCUT2D eigenvalue weighted by Crippen LogP contribution is 2.13. The number of carbonyl (C=O) groups is 1. The van der Waals surface area contributed by atoms with E-state index in [-0.39, 0.29) is 5.97 Å². The molecule has 0 aromatic heterocycles. The third kappa shape index (κ3) is 6.31. The molecule has 4 heteroatoms. The normalized spacial score (nSPS) is 9.71. The van der Waals surface area contributed by atoms with E-state index in [4.69, 9.17) is 9.47 Å². The zero-order chi connectivity index (χ0) is 12.5. The van der Waals surface area contributed by atoms with E-state index in [1.165, 1.54) is 9.65 Å². The molecule has 1 aromatic carbocycles. The molecule has 0 radical (unpaired) electrons. The van der Waals surface area contributed by atoms with Crippen molar-refractivity contribution >= 4 is 28.6 Å². The number of rotatable bonds is 7. The number of carbonyl (C=O) groups excluding carboxylic acids is 1. The van der Waals surface area contributed by atoms with Crippen LogP contribution in [0.3, 0.4) is 0 Å². The van der Waals surface area contributed by atoms with Gasteiger partial charge in [-0.3, -0.25) is 0 Å². The second kappa shape index (κ2) is 8.11. The smallest absolute Gasteiger partial charge is 0.330 e. The second-order valence-corrected chi connectivity index (χ2v) is 4.63. The van der Waals surface area contributed by atoms with Gasteiger partial charge in [0, 0.05) is 9.65 Å². The van der Waals surface area contributed by atoms with Gasteiger partial charge >= 0.3 is 5.97 Å².